The number of rotatable bonds is 17. The van der Waals surface area contributed by atoms with Gasteiger partial charge in [0.15, 0.2) is 0 Å². The predicted molar refractivity (Wildman–Crippen MR) is 251 cm³/mol. The van der Waals surface area contributed by atoms with Gasteiger partial charge in [0.2, 0.25) is 0 Å². The second-order valence-electron chi connectivity index (χ2n) is 22.1. The van der Waals surface area contributed by atoms with Crippen LogP contribution in [0.4, 0.5) is 0 Å². The molecule has 330 valence electrons. The van der Waals surface area contributed by atoms with Crippen LogP contribution in [0.1, 0.15) is 286 Å². The molecule has 0 heterocycles. The van der Waals surface area contributed by atoms with Crippen LogP contribution in [-0.4, -0.2) is 0 Å². The lowest BCUT2D eigenvalue weighted by molar-refractivity contribution is 0.140. The van der Waals surface area contributed by atoms with E-state index >= 15 is 0 Å². The first-order valence-electron chi connectivity index (χ1n) is 27.5. The van der Waals surface area contributed by atoms with Gasteiger partial charge in [-0.25, -0.2) is 0 Å². The van der Waals surface area contributed by atoms with E-state index in [1.807, 2.05) is 0 Å². The molecule has 0 aromatic heterocycles. The lowest BCUT2D eigenvalue weighted by Gasteiger charge is -2.38. The fourth-order valence-corrected chi connectivity index (χ4v) is 14.2. The van der Waals surface area contributed by atoms with E-state index in [0.29, 0.717) is 0 Å². The van der Waals surface area contributed by atoms with Crippen LogP contribution in [0.5, 0.6) is 0 Å². The Morgan fingerprint density at radius 1 is 0.214 bits per heavy atom. The van der Waals surface area contributed by atoms with Gasteiger partial charge in [0.25, 0.3) is 0 Å². The van der Waals surface area contributed by atoms with Gasteiger partial charge in [-0.05, 0) is 148 Å². The van der Waals surface area contributed by atoms with E-state index in [1.54, 1.807) is 141 Å². The Labute approximate surface area is 355 Å². The summed E-state index contributed by atoms with van der Waals surface area (Å²) in [5.74, 6) is 13.2. The maximum atomic E-state index is 2.38. The van der Waals surface area contributed by atoms with Gasteiger partial charge in [0, 0.05) is 0 Å². The topological polar surface area (TPSA) is 0 Å². The van der Waals surface area contributed by atoms with E-state index in [2.05, 4.69) is 41.5 Å². The third kappa shape index (κ3) is 17.9. The van der Waals surface area contributed by atoms with Gasteiger partial charge in [-0.1, -0.05) is 208 Å². The van der Waals surface area contributed by atoms with E-state index in [-0.39, 0.29) is 0 Å². The van der Waals surface area contributed by atoms with Gasteiger partial charge in [-0.15, -0.1) is 0 Å². The van der Waals surface area contributed by atoms with Crippen molar-refractivity contribution in [3.05, 3.63) is 0 Å². The SMILES string of the molecule is CCCC1CCC(C2CCC(CC)CC2)CC1.CCCCC1CCC(C2CCC(CCC)CC2)CC1.CCCCCC1CCC(C2CCC(CCC)CC2)CC1. The largest absolute Gasteiger partial charge is 0.0654 e. The van der Waals surface area contributed by atoms with Gasteiger partial charge in [-0.3, -0.25) is 0 Å². The molecular weight excluding hydrogens is 673 g/mol. The van der Waals surface area contributed by atoms with Crippen molar-refractivity contribution in [2.75, 3.05) is 0 Å². The average molecular weight is 779 g/mol. The average Bonchev–Trinajstić information content (AvgIpc) is 3.25. The molecule has 0 radical (unpaired) electrons. The summed E-state index contributed by atoms with van der Waals surface area (Å²) in [6, 6.07) is 0. The van der Waals surface area contributed by atoms with Crippen molar-refractivity contribution < 1.29 is 0 Å². The summed E-state index contributed by atoms with van der Waals surface area (Å²) in [5.41, 5.74) is 0. The van der Waals surface area contributed by atoms with Crippen molar-refractivity contribution in [1.82, 2.24) is 0 Å². The van der Waals surface area contributed by atoms with Crippen molar-refractivity contribution in [3.8, 4) is 0 Å². The molecule has 0 N–H and O–H groups in total. The van der Waals surface area contributed by atoms with Gasteiger partial charge in [0.05, 0.1) is 0 Å². The molecule has 0 unspecified atom stereocenters. The van der Waals surface area contributed by atoms with Gasteiger partial charge in [0.1, 0.15) is 0 Å². The maximum Gasteiger partial charge on any atom is -0.0386 e. The van der Waals surface area contributed by atoms with Crippen molar-refractivity contribution in [1.29, 1.82) is 0 Å². The number of unbranched alkanes of at least 4 members (excludes halogenated alkanes) is 3. The third-order valence-electron chi connectivity index (χ3n) is 18.2. The molecule has 6 aliphatic carbocycles. The molecule has 0 amide bonds. The lowest BCUT2D eigenvalue weighted by Crippen LogP contribution is -2.25. The molecule has 56 heavy (non-hydrogen) atoms. The highest BCUT2D eigenvalue weighted by Crippen LogP contribution is 2.45. The standard InChI is InChI=1S/C20H38.C19H36.C17H32/c1-3-5-6-8-18-11-15-20(16-12-18)19-13-9-17(7-4-2)10-14-19;1-3-5-7-17-10-14-19(15-11-17)18-12-8-16(6-4-2)9-13-18;1-3-5-15-8-12-17(13-9-15)16-10-6-14(4-2)7-11-16/h17-20H,3-16H2,1-2H3;16-19H,3-15H2,1-2H3;14-17H,3-13H2,1-2H3. The van der Waals surface area contributed by atoms with E-state index in [4.69, 9.17) is 0 Å². The zero-order valence-electron chi connectivity index (χ0n) is 39.8. The smallest absolute Gasteiger partial charge is 0.0386 e. The Morgan fingerprint density at radius 2 is 0.446 bits per heavy atom. The highest BCUT2D eigenvalue weighted by atomic mass is 14.4. The van der Waals surface area contributed by atoms with Crippen molar-refractivity contribution in [2.45, 2.75) is 286 Å². The highest BCUT2D eigenvalue weighted by Gasteiger charge is 2.33. The second kappa shape index (κ2) is 29.3. The van der Waals surface area contributed by atoms with Crippen LogP contribution in [0.15, 0.2) is 0 Å². The summed E-state index contributed by atoms with van der Waals surface area (Å²) < 4.78 is 0. The highest BCUT2D eigenvalue weighted by molar-refractivity contribution is 4.84. The summed E-state index contributed by atoms with van der Waals surface area (Å²) in [6.07, 6.45) is 57.7. The van der Waals surface area contributed by atoms with Gasteiger partial charge < -0.3 is 0 Å². The molecule has 0 spiro atoms. The summed E-state index contributed by atoms with van der Waals surface area (Å²) in [6.45, 7) is 14.1. The molecule has 6 rings (SSSR count). The first kappa shape index (κ1) is 48.7. The molecule has 0 saturated heterocycles. The lowest BCUT2D eigenvalue weighted by atomic mass is 9.68. The maximum absolute atomic E-state index is 2.38. The molecule has 0 aromatic carbocycles. The minimum absolute atomic E-state index is 1.07. The number of hydrogen-bond acceptors (Lipinski definition) is 0. The van der Waals surface area contributed by atoms with E-state index in [1.165, 1.54) is 103 Å². The Bertz CT molecular complexity index is 871. The van der Waals surface area contributed by atoms with Crippen LogP contribution in [0.25, 0.3) is 0 Å². The van der Waals surface area contributed by atoms with Crippen LogP contribution in [0.2, 0.25) is 0 Å². The Kier molecular flexibility index (Phi) is 25.5. The van der Waals surface area contributed by atoms with Gasteiger partial charge in [-0.2, -0.15) is 0 Å². The Balaban J connectivity index is 0.000000187. The van der Waals surface area contributed by atoms with Crippen LogP contribution in [0.3, 0.4) is 0 Å². The molecule has 0 nitrogen and oxygen atoms in total. The molecule has 6 aliphatic rings. The van der Waals surface area contributed by atoms with E-state index < -0.39 is 0 Å². The van der Waals surface area contributed by atoms with Crippen LogP contribution < -0.4 is 0 Å². The van der Waals surface area contributed by atoms with Crippen molar-refractivity contribution >= 4 is 0 Å². The van der Waals surface area contributed by atoms with Crippen LogP contribution in [-0.2, 0) is 0 Å². The molecule has 0 heteroatoms. The van der Waals surface area contributed by atoms with Gasteiger partial charge >= 0.3 is 0 Å². The fraction of sp³-hybridized carbons (Fsp3) is 1.00. The molecule has 0 bridgehead atoms. The molecule has 6 fully saturated rings. The monoisotopic (exact) mass is 779 g/mol. The Morgan fingerprint density at radius 3 is 0.679 bits per heavy atom. The summed E-state index contributed by atoms with van der Waals surface area (Å²) >= 11 is 0. The second-order valence-corrected chi connectivity index (χ2v) is 22.1. The molecule has 0 aromatic rings. The Hall–Kier alpha value is 0. The van der Waals surface area contributed by atoms with Crippen LogP contribution >= 0.6 is 0 Å². The molecule has 0 atom stereocenters. The predicted octanol–water partition coefficient (Wildman–Crippen LogP) is 19.4. The quantitative estimate of drug-likeness (QED) is 0.129. The fourth-order valence-electron chi connectivity index (χ4n) is 14.2. The molecule has 6 saturated carbocycles. The first-order valence-corrected chi connectivity index (χ1v) is 27.5. The van der Waals surface area contributed by atoms with Crippen molar-refractivity contribution in [3.63, 3.8) is 0 Å². The van der Waals surface area contributed by atoms with E-state index in [0.717, 1.165) is 71.0 Å². The third-order valence-corrected chi connectivity index (χ3v) is 18.2. The summed E-state index contributed by atoms with van der Waals surface area (Å²) in [4.78, 5) is 0. The minimum Gasteiger partial charge on any atom is -0.0654 e. The normalized spacial score (nSPS) is 36.8. The zero-order valence-corrected chi connectivity index (χ0v) is 39.8. The van der Waals surface area contributed by atoms with E-state index in [9.17, 15) is 0 Å². The van der Waals surface area contributed by atoms with Crippen molar-refractivity contribution in [2.24, 2.45) is 71.0 Å². The minimum atomic E-state index is 1.07. The molecular formula is C56H106. The zero-order chi connectivity index (χ0) is 39.8. The van der Waals surface area contributed by atoms with Crippen LogP contribution in [0, 0.1) is 71.0 Å². The summed E-state index contributed by atoms with van der Waals surface area (Å²) in [5, 5.41) is 0. The number of hydrogen-bond donors (Lipinski definition) is 0. The first-order chi connectivity index (χ1) is 27.5. The molecule has 0 aliphatic heterocycles. The summed E-state index contributed by atoms with van der Waals surface area (Å²) in [7, 11) is 0.